The first-order valence-corrected chi connectivity index (χ1v) is 9.29. The highest BCUT2D eigenvalue weighted by atomic mass is 16.3. The molecule has 0 unspecified atom stereocenters. The van der Waals surface area contributed by atoms with Gasteiger partial charge in [0.15, 0.2) is 0 Å². The number of piperazine rings is 1. The lowest BCUT2D eigenvalue weighted by Gasteiger charge is -2.39. The van der Waals surface area contributed by atoms with Crippen LogP contribution >= 0.6 is 0 Å². The highest BCUT2D eigenvalue weighted by Crippen LogP contribution is 2.26. The summed E-state index contributed by atoms with van der Waals surface area (Å²) in [7, 11) is 0. The van der Waals surface area contributed by atoms with Crippen LogP contribution in [0.3, 0.4) is 0 Å². The summed E-state index contributed by atoms with van der Waals surface area (Å²) in [4.78, 5) is 17.2. The third kappa shape index (κ3) is 4.14. The van der Waals surface area contributed by atoms with Crippen LogP contribution in [-0.4, -0.2) is 53.5 Å². The summed E-state index contributed by atoms with van der Waals surface area (Å²) >= 11 is 0. The van der Waals surface area contributed by atoms with Gasteiger partial charge in [0.1, 0.15) is 0 Å². The van der Waals surface area contributed by atoms with E-state index in [-0.39, 0.29) is 5.91 Å². The molecule has 0 bridgehead atoms. The molecule has 1 amide bonds. The summed E-state index contributed by atoms with van der Waals surface area (Å²) in [5.41, 5.74) is 1.47. The fraction of sp³-hybridized carbons (Fsp3) is 0.409. The predicted octanol–water partition coefficient (Wildman–Crippen LogP) is 2.84. The van der Waals surface area contributed by atoms with Gasteiger partial charge in [-0.25, -0.2) is 0 Å². The Labute approximate surface area is 156 Å². The number of aliphatic hydroxyl groups is 1. The minimum atomic E-state index is -0.521. The molecule has 1 atom stereocenters. The highest BCUT2D eigenvalue weighted by Gasteiger charge is 2.35. The number of β-amino-alcohol motifs (C(OH)–C–C–N with tert-alkyl or cyclic N) is 1. The molecule has 0 aromatic heterocycles. The van der Waals surface area contributed by atoms with Gasteiger partial charge in [-0.1, -0.05) is 60.7 Å². The van der Waals surface area contributed by atoms with E-state index in [4.69, 9.17) is 0 Å². The molecule has 0 radical (unpaired) electrons. The van der Waals surface area contributed by atoms with Crippen LogP contribution in [0.15, 0.2) is 60.7 Å². The number of rotatable bonds is 5. The van der Waals surface area contributed by atoms with Gasteiger partial charge in [0.2, 0.25) is 5.91 Å². The van der Waals surface area contributed by atoms with Gasteiger partial charge in [-0.2, -0.15) is 0 Å². The number of hydrogen-bond donors (Lipinski definition) is 1. The SMILES string of the molecule is CC(C)(C(=O)N1CCN(C[C@@H](O)c2ccccc2)CC1)c1ccccc1. The molecule has 4 heteroatoms. The van der Waals surface area contributed by atoms with Crippen LogP contribution in [0.1, 0.15) is 31.1 Å². The van der Waals surface area contributed by atoms with Crippen LogP contribution in [0, 0.1) is 0 Å². The Bertz CT molecular complexity index is 707. The van der Waals surface area contributed by atoms with Crippen molar-refractivity contribution in [3.05, 3.63) is 71.8 Å². The van der Waals surface area contributed by atoms with Gasteiger partial charge >= 0.3 is 0 Å². The third-order valence-electron chi connectivity index (χ3n) is 5.31. The van der Waals surface area contributed by atoms with E-state index >= 15 is 0 Å². The van der Waals surface area contributed by atoms with Gasteiger partial charge in [-0.05, 0) is 25.0 Å². The van der Waals surface area contributed by atoms with Gasteiger partial charge in [0.25, 0.3) is 0 Å². The normalized spacial score (nSPS) is 17.1. The molecule has 4 nitrogen and oxygen atoms in total. The first-order chi connectivity index (χ1) is 12.5. The molecule has 1 aliphatic heterocycles. The Kier molecular flexibility index (Phi) is 5.74. The lowest BCUT2D eigenvalue weighted by atomic mass is 9.83. The van der Waals surface area contributed by atoms with Crippen molar-refractivity contribution in [2.24, 2.45) is 0 Å². The van der Waals surface area contributed by atoms with E-state index in [1.807, 2.05) is 79.4 Å². The summed E-state index contributed by atoms with van der Waals surface area (Å²) in [5, 5.41) is 10.4. The minimum Gasteiger partial charge on any atom is -0.387 e. The highest BCUT2D eigenvalue weighted by molar-refractivity contribution is 5.87. The van der Waals surface area contributed by atoms with Crippen molar-refractivity contribution in [3.63, 3.8) is 0 Å². The van der Waals surface area contributed by atoms with Crippen molar-refractivity contribution < 1.29 is 9.90 Å². The quantitative estimate of drug-likeness (QED) is 0.900. The second kappa shape index (κ2) is 8.02. The molecule has 1 fully saturated rings. The number of nitrogens with zero attached hydrogens (tertiary/aromatic N) is 2. The molecule has 3 rings (SSSR count). The third-order valence-corrected chi connectivity index (χ3v) is 5.31. The average Bonchev–Trinajstić information content (AvgIpc) is 2.69. The van der Waals surface area contributed by atoms with Crippen molar-refractivity contribution in [2.45, 2.75) is 25.4 Å². The number of amides is 1. The molecule has 26 heavy (non-hydrogen) atoms. The lowest BCUT2D eigenvalue weighted by molar-refractivity contribution is -0.138. The second-order valence-corrected chi connectivity index (χ2v) is 7.51. The van der Waals surface area contributed by atoms with E-state index in [0.717, 1.165) is 24.2 Å². The lowest BCUT2D eigenvalue weighted by Crippen LogP contribution is -2.53. The summed E-state index contributed by atoms with van der Waals surface area (Å²) in [6, 6.07) is 19.7. The number of aliphatic hydroxyl groups excluding tert-OH is 1. The Morgan fingerprint density at radius 3 is 2.08 bits per heavy atom. The van der Waals surface area contributed by atoms with E-state index in [1.54, 1.807) is 0 Å². The Morgan fingerprint density at radius 2 is 1.50 bits per heavy atom. The topological polar surface area (TPSA) is 43.8 Å². The van der Waals surface area contributed by atoms with Gasteiger partial charge in [-0.3, -0.25) is 9.69 Å². The Hall–Kier alpha value is -2.17. The summed E-state index contributed by atoms with van der Waals surface area (Å²) in [5.74, 6) is 0.173. The van der Waals surface area contributed by atoms with E-state index in [2.05, 4.69) is 4.90 Å². The van der Waals surface area contributed by atoms with Crippen LogP contribution in [0.4, 0.5) is 0 Å². The molecule has 2 aromatic rings. The monoisotopic (exact) mass is 352 g/mol. The molecule has 138 valence electrons. The zero-order chi connectivity index (χ0) is 18.6. The van der Waals surface area contributed by atoms with E-state index < -0.39 is 11.5 Å². The molecule has 0 saturated carbocycles. The van der Waals surface area contributed by atoms with Crippen LogP contribution in [-0.2, 0) is 10.2 Å². The Balaban J connectivity index is 1.56. The fourth-order valence-electron chi connectivity index (χ4n) is 3.53. The van der Waals surface area contributed by atoms with Gasteiger partial charge in [0, 0.05) is 32.7 Å². The van der Waals surface area contributed by atoms with Gasteiger partial charge in [-0.15, -0.1) is 0 Å². The molecule has 1 saturated heterocycles. The van der Waals surface area contributed by atoms with Crippen LogP contribution in [0.25, 0.3) is 0 Å². The molecular formula is C22H28N2O2. The van der Waals surface area contributed by atoms with Crippen molar-refractivity contribution in [3.8, 4) is 0 Å². The van der Waals surface area contributed by atoms with Crippen LogP contribution < -0.4 is 0 Å². The Morgan fingerprint density at radius 1 is 0.962 bits per heavy atom. The molecule has 1 aliphatic rings. The summed E-state index contributed by atoms with van der Waals surface area (Å²) in [6.45, 7) is 7.59. The number of carbonyl (C=O) groups excluding carboxylic acids is 1. The van der Waals surface area contributed by atoms with Gasteiger partial charge < -0.3 is 10.0 Å². The molecule has 2 aromatic carbocycles. The zero-order valence-corrected chi connectivity index (χ0v) is 15.6. The van der Waals surface area contributed by atoms with E-state index in [9.17, 15) is 9.90 Å². The van der Waals surface area contributed by atoms with Crippen LogP contribution in [0.5, 0.6) is 0 Å². The van der Waals surface area contributed by atoms with Crippen molar-refractivity contribution >= 4 is 5.91 Å². The van der Waals surface area contributed by atoms with Crippen molar-refractivity contribution in [2.75, 3.05) is 32.7 Å². The summed E-state index contributed by atoms with van der Waals surface area (Å²) < 4.78 is 0. The molecular weight excluding hydrogens is 324 g/mol. The number of carbonyl (C=O) groups is 1. The number of hydrogen-bond acceptors (Lipinski definition) is 3. The fourth-order valence-corrected chi connectivity index (χ4v) is 3.53. The minimum absolute atomic E-state index is 0.173. The average molecular weight is 352 g/mol. The zero-order valence-electron chi connectivity index (χ0n) is 15.6. The maximum Gasteiger partial charge on any atom is 0.232 e. The molecule has 1 N–H and O–H groups in total. The maximum absolute atomic E-state index is 13.0. The smallest absolute Gasteiger partial charge is 0.232 e. The standard InChI is InChI=1S/C22H28N2O2/c1-22(2,19-11-7-4-8-12-19)21(26)24-15-13-23(14-16-24)17-20(25)18-9-5-3-6-10-18/h3-12,20,25H,13-17H2,1-2H3/t20-/m1/s1. The first kappa shape index (κ1) is 18.6. The maximum atomic E-state index is 13.0. The van der Waals surface area contributed by atoms with Crippen molar-refractivity contribution in [1.29, 1.82) is 0 Å². The van der Waals surface area contributed by atoms with E-state index in [1.165, 1.54) is 0 Å². The van der Waals surface area contributed by atoms with E-state index in [0.29, 0.717) is 19.6 Å². The predicted molar refractivity (Wildman–Crippen MR) is 104 cm³/mol. The first-order valence-electron chi connectivity index (χ1n) is 9.29. The molecule has 1 heterocycles. The summed E-state index contributed by atoms with van der Waals surface area (Å²) in [6.07, 6.45) is -0.487. The van der Waals surface area contributed by atoms with Crippen molar-refractivity contribution in [1.82, 2.24) is 9.80 Å². The largest absolute Gasteiger partial charge is 0.387 e. The number of benzene rings is 2. The second-order valence-electron chi connectivity index (χ2n) is 7.51. The van der Waals surface area contributed by atoms with Crippen LogP contribution in [0.2, 0.25) is 0 Å². The molecule has 0 aliphatic carbocycles. The van der Waals surface area contributed by atoms with Gasteiger partial charge in [0.05, 0.1) is 11.5 Å². The molecule has 0 spiro atoms.